The number of benzene rings is 1. The Morgan fingerprint density at radius 1 is 1.30 bits per heavy atom. The summed E-state index contributed by atoms with van der Waals surface area (Å²) in [4.78, 5) is 36.9. The van der Waals surface area contributed by atoms with E-state index in [0.717, 1.165) is 0 Å². The fourth-order valence-electron chi connectivity index (χ4n) is 2.05. The van der Waals surface area contributed by atoms with Gasteiger partial charge in [0.25, 0.3) is 5.91 Å². The van der Waals surface area contributed by atoms with Gasteiger partial charge in [-0.15, -0.1) is 0 Å². The number of nitrogens with one attached hydrogen (secondary N) is 1. The number of amides is 2. The molecule has 0 bridgehead atoms. The molecule has 0 aliphatic carbocycles. The second kappa shape index (κ2) is 9.29. The zero-order valence-corrected chi connectivity index (χ0v) is 15.1. The highest BCUT2D eigenvalue weighted by molar-refractivity contribution is 9.10. The minimum Gasteiger partial charge on any atom is -0.469 e. The van der Waals surface area contributed by atoms with E-state index in [4.69, 9.17) is 4.74 Å². The number of nitrogens with zero attached hydrogens (tertiary/aromatic N) is 1. The van der Waals surface area contributed by atoms with Crippen LogP contribution >= 0.6 is 15.9 Å². The van der Waals surface area contributed by atoms with Gasteiger partial charge >= 0.3 is 5.97 Å². The summed E-state index contributed by atoms with van der Waals surface area (Å²) in [6.07, 6.45) is 0. The van der Waals surface area contributed by atoms with Crippen LogP contribution in [0, 0.1) is 5.92 Å². The van der Waals surface area contributed by atoms with E-state index in [1.165, 1.54) is 18.9 Å². The van der Waals surface area contributed by atoms with E-state index in [1.807, 2.05) is 6.07 Å². The van der Waals surface area contributed by atoms with E-state index in [9.17, 15) is 14.4 Å². The molecule has 0 radical (unpaired) electrons. The molecule has 0 saturated carbocycles. The van der Waals surface area contributed by atoms with Crippen LogP contribution in [-0.2, 0) is 14.3 Å². The number of carbonyl (C=O) groups is 3. The van der Waals surface area contributed by atoms with Crippen molar-refractivity contribution in [2.24, 2.45) is 5.92 Å². The first kappa shape index (κ1) is 19.2. The van der Waals surface area contributed by atoms with E-state index in [0.29, 0.717) is 23.1 Å². The molecule has 0 aliphatic rings. The van der Waals surface area contributed by atoms with Crippen LogP contribution in [0.2, 0.25) is 0 Å². The Morgan fingerprint density at radius 3 is 2.52 bits per heavy atom. The van der Waals surface area contributed by atoms with Crippen LogP contribution in [0.1, 0.15) is 24.2 Å². The lowest BCUT2D eigenvalue weighted by Gasteiger charge is -2.25. The van der Waals surface area contributed by atoms with Gasteiger partial charge in [-0.25, -0.2) is 0 Å². The summed E-state index contributed by atoms with van der Waals surface area (Å²) in [6, 6.07) is 7.08. The number of hydrogen-bond donors (Lipinski definition) is 1. The SMILES string of the molecule is COC(=O)C(C)CN(CCNC(C)=O)C(=O)c1ccccc1Br. The van der Waals surface area contributed by atoms with Gasteiger partial charge in [-0.1, -0.05) is 19.1 Å². The van der Waals surface area contributed by atoms with Crippen LogP contribution in [0.3, 0.4) is 0 Å². The van der Waals surface area contributed by atoms with Crippen molar-refractivity contribution in [3.63, 3.8) is 0 Å². The van der Waals surface area contributed by atoms with Gasteiger partial charge in [0.1, 0.15) is 0 Å². The number of hydrogen-bond acceptors (Lipinski definition) is 4. The van der Waals surface area contributed by atoms with Gasteiger partial charge in [0, 0.05) is 31.0 Å². The standard InChI is InChI=1S/C16H21BrN2O4/c1-11(16(22)23-3)10-19(9-8-18-12(2)20)15(21)13-6-4-5-7-14(13)17/h4-7,11H,8-10H2,1-3H3,(H,18,20). The highest BCUT2D eigenvalue weighted by Gasteiger charge is 2.23. The molecule has 0 saturated heterocycles. The average molecular weight is 385 g/mol. The molecule has 7 heteroatoms. The largest absolute Gasteiger partial charge is 0.469 e. The summed E-state index contributed by atoms with van der Waals surface area (Å²) < 4.78 is 5.39. The van der Waals surface area contributed by atoms with E-state index in [2.05, 4.69) is 21.2 Å². The third-order valence-electron chi connectivity index (χ3n) is 3.24. The minimum absolute atomic E-state index is 0.167. The minimum atomic E-state index is -0.455. The van der Waals surface area contributed by atoms with Gasteiger partial charge in [-0.2, -0.15) is 0 Å². The number of carbonyl (C=O) groups excluding carboxylic acids is 3. The van der Waals surface area contributed by atoms with Gasteiger partial charge in [-0.05, 0) is 28.1 Å². The Morgan fingerprint density at radius 2 is 1.96 bits per heavy atom. The van der Waals surface area contributed by atoms with Crippen LogP contribution in [0.5, 0.6) is 0 Å². The van der Waals surface area contributed by atoms with Crippen molar-refractivity contribution in [1.29, 1.82) is 0 Å². The molecule has 1 rings (SSSR count). The molecule has 1 aromatic carbocycles. The normalized spacial score (nSPS) is 11.5. The lowest BCUT2D eigenvalue weighted by Crippen LogP contribution is -2.42. The molecule has 0 aromatic heterocycles. The monoisotopic (exact) mass is 384 g/mol. The fourth-order valence-corrected chi connectivity index (χ4v) is 2.51. The first-order valence-electron chi connectivity index (χ1n) is 7.22. The Hall–Kier alpha value is -1.89. The maximum Gasteiger partial charge on any atom is 0.310 e. The third kappa shape index (κ3) is 6.02. The Balaban J connectivity index is 2.89. The molecule has 23 heavy (non-hydrogen) atoms. The molecule has 1 N–H and O–H groups in total. The zero-order chi connectivity index (χ0) is 17.4. The molecule has 6 nitrogen and oxygen atoms in total. The van der Waals surface area contributed by atoms with Crippen molar-refractivity contribution in [2.45, 2.75) is 13.8 Å². The van der Waals surface area contributed by atoms with Crippen LogP contribution in [0.25, 0.3) is 0 Å². The summed E-state index contributed by atoms with van der Waals surface area (Å²) >= 11 is 3.36. The molecule has 126 valence electrons. The van der Waals surface area contributed by atoms with Crippen LogP contribution < -0.4 is 5.32 Å². The van der Waals surface area contributed by atoms with Crippen molar-refractivity contribution < 1.29 is 19.1 Å². The summed E-state index contributed by atoms with van der Waals surface area (Å²) in [5, 5.41) is 2.65. The lowest BCUT2D eigenvalue weighted by molar-refractivity contribution is -0.145. The van der Waals surface area contributed by atoms with E-state index in [-0.39, 0.29) is 24.3 Å². The molecule has 0 aliphatic heterocycles. The van der Waals surface area contributed by atoms with Crippen molar-refractivity contribution in [3.05, 3.63) is 34.3 Å². The number of methoxy groups -OCH3 is 1. The van der Waals surface area contributed by atoms with Crippen LogP contribution in [0.4, 0.5) is 0 Å². The van der Waals surface area contributed by atoms with Crippen LogP contribution in [-0.4, -0.2) is 49.4 Å². The van der Waals surface area contributed by atoms with E-state index < -0.39 is 5.92 Å². The molecule has 0 heterocycles. The summed E-state index contributed by atoms with van der Waals surface area (Å²) in [5.41, 5.74) is 0.507. The zero-order valence-electron chi connectivity index (χ0n) is 13.5. The maximum absolute atomic E-state index is 12.7. The number of rotatable bonds is 7. The Labute approximate surface area is 144 Å². The van der Waals surface area contributed by atoms with Gasteiger partial charge in [-0.3, -0.25) is 14.4 Å². The van der Waals surface area contributed by atoms with Gasteiger partial charge in [0.15, 0.2) is 0 Å². The summed E-state index contributed by atoms with van der Waals surface area (Å²) in [7, 11) is 1.32. The number of halogens is 1. The second-order valence-corrected chi connectivity index (χ2v) is 5.99. The molecular weight excluding hydrogens is 364 g/mol. The van der Waals surface area contributed by atoms with Gasteiger partial charge < -0.3 is 15.0 Å². The first-order valence-corrected chi connectivity index (χ1v) is 8.02. The summed E-state index contributed by atoms with van der Waals surface area (Å²) in [5.74, 6) is -1.21. The van der Waals surface area contributed by atoms with Crippen molar-refractivity contribution >= 4 is 33.7 Å². The van der Waals surface area contributed by atoms with E-state index >= 15 is 0 Å². The maximum atomic E-state index is 12.7. The fraction of sp³-hybridized carbons (Fsp3) is 0.438. The molecule has 1 aromatic rings. The number of esters is 1. The van der Waals surface area contributed by atoms with Crippen molar-refractivity contribution in [1.82, 2.24) is 10.2 Å². The lowest BCUT2D eigenvalue weighted by atomic mass is 10.1. The average Bonchev–Trinajstić information content (AvgIpc) is 2.52. The van der Waals surface area contributed by atoms with Crippen molar-refractivity contribution in [3.8, 4) is 0 Å². The predicted octanol–water partition coefficient (Wildman–Crippen LogP) is 1.84. The van der Waals surface area contributed by atoms with Gasteiger partial charge in [0.2, 0.25) is 5.91 Å². The third-order valence-corrected chi connectivity index (χ3v) is 3.94. The first-order chi connectivity index (χ1) is 10.9. The molecule has 1 unspecified atom stereocenters. The van der Waals surface area contributed by atoms with Gasteiger partial charge in [0.05, 0.1) is 18.6 Å². The molecule has 0 spiro atoms. The van der Waals surface area contributed by atoms with Crippen LogP contribution in [0.15, 0.2) is 28.7 Å². The summed E-state index contributed by atoms with van der Waals surface area (Å²) in [6.45, 7) is 3.95. The molecule has 0 fully saturated rings. The molecular formula is C16H21BrN2O4. The predicted molar refractivity (Wildman–Crippen MR) is 89.9 cm³/mol. The molecule has 2 amide bonds. The second-order valence-electron chi connectivity index (χ2n) is 5.14. The Bertz CT molecular complexity index is 577. The number of ether oxygens (including phenoxy) is 1. The highest BCUT2D eigenvalue weighted by atomic mass is 79.9. The smallest absolute Gasteiger partial charge is 0.310 e. The van der Waals surface area contributed by atoms with E-state index in [1.54, 1.807) is 25.1 Å². The quantitative estimate of drug-likeness (QED) is 0.727. The highest BCUT2D eigenvalue weighted by Crippen LogP contribution is 2.18. The van der Waals surface area contributed by atoms with Crippen molar-refractivity contribution in [2.75, 3.05) is 26.7 Å². The molecule has 1 atom stereocenters. The Kier molecular flexibility index (Phi) is 7.74. The topological polar surface area (TPSA) is 75.7 Å².